The molecule has 0 fully saturated rings. The molecular formula is C16H17N3O5S. The van der Waals surface area contributed by atoms with Crippen molar-refractivity contribution in [3.63, 3.8) is 0 Å². The highest BCUT2D eigenvalue weighted by Gasteiger charge is 2.11. The lowest BCUT2D eigenvalue weighted by atomic mass is 10.2. The molecule has 132 valence electrons. The summed E-state index contributed by atoms with van der Waals surface area (Å²) in [7, 11) is 0. The van der Waals surface area contributed by atoms with E-state index < -0.39 is 12.1 Å². The van der Waals surface area contributed by atoms with Gasteiger partial charge in [0.2, 0.25) is 5.91 Å². The summed E-state index contributed by atoms with van der Waals surface area (Å²) in [5.74, 6) is -1.31. The number of carboxylic acids is 1. The number of hydrogen-bond donors (Lipinski definition) is 3. The molecule has 0 radical (unpaired) electrons. The zero-order chi connectivity index (χ0) is 18.1. The molecule has 0 aliphatic carbocycles. The molecule has 0 saturated heterocycles. The molecule has 3 N–H and O–H groups in total. The maximum absolute atomic E-state index is 11.7. The second-order valence-corrected chi connectivity index (χ2v) is 5.86. The number of nitrogens with zero attached hydrogens (tertiary/aromatic N) is 1. The van der Waals surface area contributed by atoms with Gasteiger partial charge in [0.05, 0.1) is 18.5 Å². The molecule has 2 rings (SSSR count). The monoisotopic (exact) mass is 363 g/mol. The SMILES string of the molecule is O=C(O)CCNC(=O)Cc1csc(NC(=O)OCc2ccccc2)n1. The number of thiazole rings is 1. The summed E-state index contributed by atoms with van der Waals surface area (Å²) < 4.78 is 5.08. The molecule has 2 aromatic rings. The normalized spacial score (nSPS) is 10.1. The van der Waals surface area contributed by atoms with Crippen LogP contribution in [0.4, 0.5) is 9.93 Å². The Morgan fingerprint density at radius 2 is 1.96 bits per heavy atom. The van der Waals surface area contributed by atoms with E-state index in [1.807, 2.05) is 30.3 Å². The number of amides is 2. The van der Waals surface area contributed by atoms with Crippen LogP contribution in [0.5, 0.6) is 0 Å². The number of hydrogen-bond acceptors (Lipinski definition) is 6. The molecule has 1 aromatic heterocycles. The molecule has 1 heterocycles. The number of benzene rings is 1. The van der Waals surface area contributed by atoms with E-state index in [1.54, 1.807) is 5.38 Å². The van der Waals surface area contributed by atoms with Crippen molar-refractivity contribution in [2.75, 3.05) is 11.9 Å². The average Bonchev–Trinajstić information content (AvgIpc) is 3.00. The number of anilines is 1. The lowest BCUT2D eigenvalue weighted by molar-refractivity contribution is -0.136. The van der Waals surface area contributed by atoms with Crippen molar-refractivity contribution < 1.29 is 24.2 Å². The van der Waals surface area contributed by atoms with E-state index >= 15 is 0 Å². The predicted octanol–water partition coefficient (Wildman–Crippen LogP) is 2.03. The van der Waals surface area contributed by atoms with Gasteiger partial charge in [0.25, 0.3) is 0 Å². The maximum atomic E-state index is 11.7. The van der Waals surface area contributed by atoms with E-state index in [2.05, 4.69) is 15.6 Å². The predicted molar refractivity (Wildman–Crippen MR) is 91.3 cm³/mol. The second-order valence-electron chi connectivity index (χ2n) is 5.00. The molecule has 0 atom stereocenters. The van der Waals surface area contributed by atoms with E-state index in [-0.39, 0.29) is 31.9 Å². The molecule has 0 spiro atoms. The van der Waals surface area contributed by atoms with E-state index in [0.717, 1.165) is 5.56 Å². The Labute approximate surface area is 147 Å². The first-order valence-electron chi connectivity index (χ1n) is 7.43. The first-order chi connectivity index (χ1) is 12.0. The summed E-state index contributed by atoms with van der Waals surface area (Å²) in [6, 6.07) is 9.27. The smallest absolute Gasteiger partial charge is 0.413 e. The zero-order valence-electron chi connectivity index (χ0n) is 13.2. The Hall–Kier alpha value is -2.94. The topological polar surface area (TPSA) is 118 Å². The Balaban J connectivity index is 1.73. The summed E-state index contributed by atoms with van der Waals surface area (Å²) in [5.41, 5.74) is 1.35. The van der Waals surface area contributed by atoms with Gasteiger partial charge in [0, 0.05) is 11.9 Å². The summed E-state index contributed by atoms with van der Waals surface area (Å²) in [6.45, 7) is 0.214. The fraction of sp³-hybridized carbons (Fsp3) is 0.250. The number of carbonyl (C=O) groups excluding carboxylic acids is 2. The van der Waals surface area contributed by atoms with Crippen molar-refractivity contribution in [3.05, 3.63) is 47.0 Å². The van der Waals surface area contributed by atoms with Gasteiger partial charge in [-0.25, -0.2) is 9.78 Å². The van der Waals surface area contributed by atoms with Crippen LogP contribution >= 0.6 is 11.3 Å². The van der Waals surface area contributed by atoms with Crippen LogP contribution < -0.4 is 10.6 Å². The number of ether oxygens (including phenoxy) is 1. The van der Waals surface area contributed by atoms with Crippen LogP contribution in [0.15, 0.2) is 35.7 Å². The molecule has 0 bridgehead atoms. The fourth-order valence-electron chi connectivity index (χ4n) is 1.83. The molecule has 0 saturated carbocycles. The van der Waals surface area contributed by atoms with Crippen LogP contribution in [0, 0.1) is 0 Å². The van der Waals surface area contributed by atoms with Crippen molar-refractivity contribution >= 4 is 34.4 Å². The first kappa shape index (κ1) is 18.4. The quantitative estimate of drug-likeness (QED) is 0.660. The molecule has 2 amide bonds. The number of aromatic nitrogens is 1. The van der Waals surface area contributed by atoms with E-state index in [0.29, 0.717) is 10.8 Å². The molecule has 0 aliphatic rings. The van der Waals surface area contributed by atoms with Gasteiger partial charge < -0.3 is 15.2 Å². The number of nitrogens with one attached hydrogen (secondary N) is 2. The van der Waals surface area contributed by atoms with Gasteiger partial charge in [0.1, 0.15) is 6.61 Å². The van der Waals surface area contributed by atoms with Crippen LogP contribution in [-0.4, -0.2) is 34.6 Å². The minimum atomic E-state index is -0.977. The summed E-state index contributed by atoms with van der Waals surface area (Å²) >= 11 is 1.17. The van der Waals surface area contributed by atoms with Crippen LogP contribution in [0.25, 0.3) is 0 Å². The highest BCUT2D eigenvalue weighted by molar-refractivity contribution is 7.13. The molecular weight excluding hydrogens is 346 g/mol. The van der Waals surface area contributed by atoms with Crippen LogP contribution in [-0.2, 0) is 27.4 Å². The van der Waals surface area contributed by atoms with E-state index in [1.165, 1.54) is 11.3 Å². The van der Waals surface area contributed by atoms with E-state index in [4.69, 9.17) is 9.84 Å². The Morgan fingerprint density at radius 1 is 1.20 bits per heavy atom. The highest BCUT2D eigenvalue weighted by atomic mass is 32.1. The number of aliphatic carboxylic acids is 1. The number of rotatable bonds is 8. The Bertz CT molecular complexity index is 732. The largest absolute Gasteiger partial charge is 0.481 e. The molecule has 1 aromatic carbocycles. The summed E-state index contributed by atoms with van der Waals surface area (Å²) in [6.07, 6.45) is -0.754. The summed E-state index contributed by atoms with van der Waals surface area (Å²) in [4.78, 5) is 37.8. The highest BCUT2D eigenvalue weighted by Crippen LogP contribution is 2.16. The lowest BCUT2D eigenvalue weighted by Crippen LogP contribution is -2.27. The minimum Gasteiger partial charge on any atom is -0.481 e. The van der Waals surface area contributed by atoms with Gasteiger partial charge in [-0.2, -0.15) is 0 Å². The van der Waals surface area contributed by atoms with Crippen molar-refractivity contribution in [2.45, 2.75) is 19.4 Å². The van der Waals surface area contributed by atoms with Crippen molar-refractivity contribution in [1.82, 2.24) is 10.3 Å². The second kappa shape index (κ2) is 9.38. The Morgan fingerprint density at radius 3 is 2.68 bits per heavy atom. The van der Waals surface area contributed by atoms with Gasteiger partial charge in [0.15, 0.2) is 5.13 Å². The van der Waals surface area contributed by atoms with Crippen molar-refractivity contribution in [2.24, 2.45) is 0 Å². The minimum absolute atomic E-state index is 0.0108. The summed E-state index contributed by atoms with van der Waals surface area (Å²) in [5, 5.41) is 15.5. The molecule has 9 heteroatoms. The van der Waals surface area contributed by atoms with Crippen molar-refractivity contribution in [3.8, 4) is 0 Å². The number of carbonyl (C=O) groups is 3. The Kier molecular flexibility index (Phi) is 6.90. The van der Waals surface area contributed by atoms with Gasteiger partial charge in [-0.1, -0.05) is 30.3 Å². The average molecular weight is 363 g/mol. The van der Waals surface area contributed by atoms with Crippen LogP contribution in [0.3, 0.4) is 0 Å². The molecule has 0 unspecified atom stereocenters. The third kappa shape index (κ3) is 7.00. The third-order valence-corrected chi connectivity index (χ3v) is 3.78. The zero-order valence-corrected chi connectivity index (χ0v) is 14.0. The van der Waals surface area contributed by atoms with Crippen molar-refractivity contribution in [1.29, 1.82) is 0 Å². The fourth-order valence-corrected chi connectivity index (χ4v) is 2.52. The lowest BCUT2D eigenvalue weighted by Gasteiger charge is -2.04. The van der Waals surface area contributed by atoms with Crippen LogP contribution in [0.1, 0.15) is 17.7 Å². The first-order valence-corrected chi connectivity index (χ1v) is 8.31. The maximum Gasteiger partial charge on any atom is 0.413 e. The molecule has 8 nitrogen and oxygen atoms in total. The third-order valence-electron chi connectivity index (χ3n) is 2.98. The van der Waals surface area contributed by atoms with E-state index in [9.17, 15) is 14.4 Å². The molecule has 0 aliphatic heterocycles. The standard InChI is InChI=1S/C16H17N3O5S/c20-13(17-7-6-14(21)22)8-12-10-25-15(18-12)19-16(23)24-9-11-4-2-1-3-5-11/h1-5,10H,6-9H2,(H,17,20)(H,21,22)(H,18,19,23). The van der Waals surface area contributed by atoms with Crippen LogP contribution in [0.2, 0.25) is 0 Å². The van der Waals surface area contributed by atoms with Gasteiger partial charge in [-0.05, 0) is 5.56 Å². The molecule has 25 heavy (non-hydrogen) atoms. The van der Waals surface area contributed by atoms with Gasteiger partial charge in [-0.3, -0.25) is 14.9 Å². The number of carboxylic acid groups (broad SMARTS) is 1. The van der Waals surface area contributed by atoms with Gasteiger partial charge in [-0.15, -0.1) is 11.3 Å². The van der Waals surface area contributed by atoms with Gasteiger partial charge >= 0.3 is 12.1 Å².